The molecule has 2 aromatic rings. The van der Waals surface area contributed by atoms with Gasteiger partial charge in [-0.05, 0) is 6.07 Å². The molecule has 1 heterocycles. The molecule has 0 aliphatic heterocycles. The van der Waals surface area contributed by atoms with Gasteiger partial charge < -0.3 is 4.74 Å². The molecular weight excluding hydrogens is 264 g/mol. The second kappa shape index (κ2) is 6.50. The minimum absolute atomic E-state index is 0.160. The first kappa shape index (κ1) is 13.8. The van der Waals surface area contributed by atoms with Crippen molar-refractivity contribution >= 4 is 11.6 Å². The summed E-state index contributed by atoms with van der Waals surface area (Å²) in [7, 11) is 1.59. The molecule has 0 spiro atoms. The van der Waals surface area contributed by atoms with Crippen LogP contribution < -0.4 is 5.56 Å². The van der Waals surface area contributed by atoms with Gasteiger partial charge in [0.05, 0.1) is 24.7 Å². The van der Waals surface area contributed by atoms with Crippen molar-refractivity contribution < 1.29 is 4.74 Å². The molecule has 0 aliphatic carbocycles. The summed E-state index contributed by atoms with van der Waals surface area (Å²) in [5, 5.41) is 4.35. The lowest BCUT2D eigenvalue weighted by Gasteiger charge is -2.09. The van der Waals surface area contributed by atoms with Crippen molar-refractivity contribution in [1.82, 2.24) is 9.78 Å². The summed E-state index contributed by atoms with van der Waals surface area (Å²) >= 11 is 5.83. The molecular formula is C14H15ClN2O2. The van der Waals surface area contributed by atoms with E-state index in [1.54, 1.807) is 13.2 Å². The average molecular weight is 279 g/mol. The topological polar surface area (TPSA) is 44.1 Å². The first-order valence-electron chi connectivity index (χ1n) is 5.97. The molecule has 0 fully saturated rings. The monoisotopic (exact) mass is 278 g/mol. The van der Waals surface area contributed by atoms with Gasteiger partial charge in [-0.2, -0.15) is 5.10 Å². The maximum absolute atomic E-state index is 12.0. The van der Waals surface area contributed by atoms with Gasteiger partial charge in [0, 0.05) is 18.2 Å². The van der Waals surface area contributed by atoms with Gasteiger partial charge in [-0.25, -0.2) is 4.68 Å². The molecule has 5 heteroatoms. The highest BCUT2D eigenvalue weighted by Crippen LogP contribution is 2.16. The molecule has 0 saturated carbocycles. The largest absolute Gasteiger partial charge is 0.383 e. The Morgan fingerprint density at radius 2 is 2.05 bits per heavy atom. The van der Waals surface area contributed by atoms with Crippen molar-refractivity contribution in [2.45, 2.75) is 12.4 Å². The quantitative estimate of drug-likeness (QED) is 0.788. The SMILES string of the molecule is COCCn1nc(-c2ccccc2)cc(CCl)c1=O. The second-order valence-corrected chi connectivity index (χ2v) is 4.34. The molecule has 4 nitrogen and oxygen atoms in total. The minimum atomic E-state index is -0.160. The molecule has 0 aliphatic rings. The number of nitrogens with zero attached hydrogens (tertiary/aromatic N) is 2. The Balaban J connectivity index is 2.48. The van der Waals surface area contributed by atoms with E-state index in [1.165, 1.54) is 4.68 Å². The summed E-state index contributed by atoms with van der Waals surface area (Å²) in [6.07, 6.45) is 0. The fourth-order valence-corrected chi connectivity index (χ4v) is 1.96. The van der Waals surface area contributed by atoms with Crippen molar-refractivity contribution in [2.75, 3.05) is 13.7 Å². The Bertz CT molecular complexity index is 596. The van der Waals surface area contributed by atoms with Gasteiger partial charge in [0.2, 0.25) is 0 Å². The first-order valence-corrected chi connectivity index (χ1v) is 6.51. The molecule has 0 radical (unpaired) electrons. The number of hydrogen-bond donors (Lipinski definition) is 0. The Labute approximate surface area is 116 Å². The van der Waals surface area contributed by atoms with Gasteiger partial charge in [0.1, 0.15) is 0 Å². The fourth-order valence-electron chi connectivity index (χ4n) is 1.77. The van der Waals surface area contributed by atoms with E-state index >= 15 is 0 Å². The Morgan fingerprint density at radius 3 is 2.68 bits per heavy atom. The summed E-state index contributed by atoms with van der Waals surface area (Å²) in [5.74, 6) is 0.175. The molecule has 0 N–H and O–H groups in total. The van der Waals surface area contributed by atoms with E-state index in [1.807, 2.05) is 30.3 Å². The number of alkyl halides is 1. The van der Waals surface area contributed by atoms with E-state index in [2.05, 4.69) is 5.10 Å². The number of hydrogen-bond acceptors (Lipinski definition) is 3. The third kappa shape index (κ3) is 3.22. The molecule has 1 aromatic heterocycles. The predicted molar refractivity (Wildman–Crippen MR) is 75.4 cm³/mol. The summed E-state index contributed by atoms with van der Waals surface area (Å²) in [4.78, 5) is 12.0. The van der Waals surface area contributed by atoms with Crippen LogP contribution in [0.5, 0.6) is 0 Å². The zero-order valence-electron chi connectivity index (χ0n) is 10.7. The number of halogens is 1. The predicted octanol–water partition coefficient (Wildman–Crippen LogP) is 2.30. The lowest BCUT2D eigenvalue weighted by molar-refractivity contribution is 0.182. The normalized spacial score (nSPS) is 10.6. The highest BCUT2D eigenvalue weighted by Gasteiger charge is 2.09. The van der Waals surface area contributed by atoms with E-state index in [-0.39, 0.29) is 11.4 Å². The standard InChI is InChI=1S/C14H15ClN2O2/c1-19-8-7-17-14(18)12(10-15)9-13(16-17)11-5-3-2-4-6-11/h2-6,9H,7-8,10H2,1H3. The van der Waals surface area contributed by atoms with Crippen LogP contribution in [0.4, 0.5) is 0 Å². The molecule has 0 bridgehead atoms. The Morgan fingerprint density at radius 1 is 1.32 bits per heavy atom. The van der Waals surface area contributed by atoms with Crippen LogP contribution in [0.3, 0.4) is 0 Å². The van der Waals surface area contributed by atoms with Crippen LogP contribution in [0.25, 0.3) is 11.3 Å². The van der Waals surface area contributed by atoms with Crippen molar-refractivity contribution in [3.8, 4) is 11.3 Å². The van der Waals surface area contributed by atoms with Crippen LogP contribution in [-0.2, 0) is 17.2 Å². The summed E-state index contributed by atoms with van der Waals surface area (Å²) in [5.41, 5.74) is 2.09. The van der Waals surface area contributed by atoms with Crippen LogP contribution in [0.1, 0.15) is 5.56 Å². The molecule has 1 aromatic carbocycles. The van der Waals surface area contributed by atoms with Crippen molar-refractivity contribution in [2.24, 2.45) is 0 Å². The molecule has 19 heavy (non-hydrogen) atoms. The first-order chi connectivity index (χ1) is 9.26. The van der Waals surface area contributed by atoms with E-state index in [9.17, 15) is 4.79 Å². The van der Waals surface area contributed by atoms with Gasteiger partial charge in [-0.3, -0.25) is 4.79 Å². The van der Waals surface area contributed by atoms with Gasteiger partial charge >= 0.3 is 0 Å². The van der Waals surface area contributed by atoms with Crippen LogP contribution >= 0.6 is 11.6 Å². The third-order valence-corrected chi connectivity index (χ3v) is 3.06. The van der Waals surface area contributed by atoms with Crippen molar-refractivity contribution in [1.29, 1.82) is 0 Å². The van der Waals surface area contributed by atoms with Crippen LogP contribution in [0, 0.1) is 0 Å². The maximum Gasteiger partial charge on any atom is 0.271 e. The highest BCUT2D eigenvalue weighted by atomic mass is 35.5. The Hall–Kier alpha value is -1.65. The van der Waals surface area contributed by atoms with E-state index < -0.39 is 0 Å². The molecule has 0 atom stereocenters. The zero-order valence-corrected chi connectivity index (χ0v) is 11.4. The van der Waals surface area contributed by atoms with E-state index in [0.717, 1.165) is 11.3 Å². The maximum atomic E-state index is 12.0. The fraction of sp³-hybridized carbons (Fsp3) is 0.286. The number of aromatic nitrogens is 2. The summed E-state index contributed by atoms with van der Waals surface area (Å²) in [6.45, 7) is 0.854. The average Bonchev–Trinajstić information content (AvgIpc) is 2.47. The molecule has 0 amide bonds. The van der Waals surface area contributed by atoms with Crippen LogP contribution in [-0.4, -0.2) is 23.5 Å². The van der Waals surface area contributed by atoms with Crippen LogP contribution in [0.15, 0.2) is 41.2 Å². The number of rotatable bonds is 5. The lowest BCUT2D eigenvalue weighted by atomic mass is 10.1. The van der Waals surface area contributed by atoms with Gasteiger partial charge in [0.15, 0.2) is 0 Å². The second-order valence-electron chi connectivity index (χ2n) is 4.08. The Kier molecular flexibility index (Phi) is 4.71. The molecule has 0 unspecified atom stereocenters. The number of methoxy groups -OCH3 is 1. The summed E-state index contributed by atoms with van der Waals surface area (Å²) < 4.78 is 6.39. The smallest absolute Gasteiger partial charge is 0.271 e. The third-order valence-electron chi connectivity index (χ3n) is 2.77. The number of benzene rings is 1. The van der Waals surface area contributed by atoms with E-state index in [0.29, 0.717) is 18.7 Å². The zero-order chi connectivity index (χ0) is 13.7. The number of ether oxygens (including phenoxy) is 1. The minimum Gasteiger partial charge on any atom is -0.383 e. The molecule has 100 valence electrons. The van der Waals surface area contributed by atoms with Gasteiger partial charge in [-0.1, -0.05) is 30.3 Å². The van der Waals surface area contributed by atoms with Crippen molar-refractivity contribution in [3.63, 3.8) is 0 Å². The van der Waals surface area contributed by atoms with E-state index in [4.69, 9.17) is 16.3 Å². The van der Waals surface area contributed by atoms with Gasteiger partial charge in [0.25, 0.3) is 5.56 Å². The molecule has 0 saturated heterocycles. The summed E-state index contributed by atoms with van der Waals surface area (Å²) in [6, 6.07) is 11.4. The van der Waals surface area contributed by atoms with Gasteiger partial charge in [-0.15, -0.1) is 11.6 Å². The highest BCUT2D eigenvalue weighted by molar-refractivity contribution is 6.17. The van der Waals surface area contributed by atoms with Crippen LogP contribution in [0.2, 0.25) is 0 Å². The lowest BCUT2D eigenvalue weighted by Crippen LogP contribution is -2.27. The molecule has 2 rings (SSSR count). The van der Waals surface area contributed by atoms with Crippen molar-refractivity contribution in [3.05, 3.63) is 52.3 Å².